The zero-order chi connectivity index (χ0) is 18.3. The topological polar surface area (TPSA) is 58.4 Å². The number of nitrogens with zero attached hydrogens (tertiary/aromatic N) is 4. The Kier molecular flexibility index (Phi) is 4.16. The molecule has 0 aliphatic carbocycles. The van der Waals surface area contributed by atoms with Crippen LogP contribution in [0.1, 0.15) is 0 Å². The van der Waals surface area contributed by atoms with E-state index in [1.54, 1.807) is 24.3 Å². The quantitative estimate of drug-likeness (QED) is 0.703. The van der Waals surface area contributed by atoms with Crippen LogP contribution in [0.4, 0.5) is 10.2 Å². The molecule has 1 saturated heterocycles. The van der Waals surface area contributed by atoms with E-state index in [0.717, 1.165) is 30.3 Å². The van der Waals surface area contributed by atoms with Gasteiger partial charge in [-0.05, 0) is 31.3 Å². The fraction of sp³-hybridized carbons (Fsp3) is 0.278. The number of rotatable bonds is 3. The predicted octanol–water partition coefficient (Wildman–Crippen LogP) is 2.16. The Bertz CT molecular complexity index is 1040. The molecule has 6 nitrogen and oxygen atoms in total. The van der Waals surface area contributed by atoms with Gasteiger partial charge in [-0.3, -0.25) is 0 Å². The second-order valence-electron chi connectivity index (χ2n) is 6.44. The molecule has 0 bridgehead atoms. The normalized spacial score (nSPS) is 16.3. The zero-order valence-corrected chi connectivity index (χ0v) is 15.2. The predicted molar refractivity (Wildman–Crippen MR) is 98.4 cm³/mol. The van der Waals surface area contributed by atoms with Crippen molar-refractivity contribution in [3.63, 3.8) is 0 Å². The van der Waals surface area contributed by atoms with E-state index in [0.29, 0.717) is 11.2 Å². The van der Waals surface area contributed by atoms with Crippen LogP contribution in [0, 0.1) is 5.82 Å². The molecule has 3 aromatic rings. The van der Waals surface area contributed by atoms with Crippen molar-refractivity contribution < 1.29 is 12.8 Å². The summed E-state index contributed by atoms with van der Waals surface area (Å²) in [6.07, 6.45) is 0. The molecule has 1 aliphatic heterocycles. The van der Waals surface area contributed by atoms with Gasteiger partial charge in [-0.2, -0.15) is 12.5 Å². The van der Waals surface area contributed by atoms with E-state index < -0.39 is 15.8 Å². The number of hydrogen-bond acceptors (Lipinski definition) is 5. The number of benzene rings is 2. The molecule has 0 amide bonds. The minimum atomic E-state index is -3.91. The van der Waals surface area contributed by atoms with Crippen molar-refractivity contribution in [2.24, 2.45) is 0 Å². The van der Waals surface area contributed by atoms with Crippen molar-refractivity contribution in [1.82, 2.24) is 14.1 Å². The second kappa shape index (κ2) is 6.37. The number of fused-ring (bicyclic) bond motifs is 1. The fourth-order valence-corrected chi connectivity index (χ4v) is 4.47. The highest BCUT2D eigenvalue weighted by atomic mass is 32.2. The summed E-state index contributed by atoms with van der Waals surface area (Å²) < 4.78 is 40.9. The van der Waals surface area contributed by atoms with Crippen molar-refractivity contribution in [1.29, 1.82) is 0 Å². The number of anilines is 1. The van der Waals surface area contributed by atoms with Gasteiger partial charge in [0.25, 0.3) is 10.0 Å². The molecule has 1 aromatic heterocycles. The molecule has 8 heteroatoms. The summed E-state index contributed by atoms with van der Waals surface area (Å²) in [5.74, 6) is 0.0828. The van der Waals surface area contributed by atoms with E-state index in [4.69, 9.17) is 0 Å². The number of halogens is 1. The lowest BCUT2D eigenvalue weighted by atomic mass is 10.2. The van der Waals surface area contributed by atoms with Gasteiger partial charge in [-0.15, -0.1) is 5.10 Å². The van der Waals surface area contributed by atoms with Gasteiger partial charge in [0.05, 0.1) is 10.4 Å². The van der Waals surface area contributed by atoms with Crippen LogP contribution < -0.4 is 4.90 Å². The molecule has 1 fully saturated rings. The lowest BCUT2D eigenvalue weighted by Gasteiger charge is -2.32. The number of hydrogen-bond donors (Lipinski definition) is 0. The summed E-state index contributed by atoms with van der Waals surface area (Å²) in [4.78, 5) is 4.38. The Morgan fingerprint density at radius 3 is 2.38 bits per heavy atom. The summed E-state index contributed by atoms with van der Waals surface area (Å²) in [5.41, 5.74) is 0.253. The summed E-state index contributed by atoms with van der Waals surface area (Å²) in [5, 5.41) is 5.03. The molecular weight excluding hydrogens is 355 g/mol. The molecule has 26 heavy (non-hydrogen) atoms. The van der Waals surface area contributed by atoms with E-state index in [-0.39, 0.29) is 10.4 Å². The van der Waals surface area contributed by atoms with E-state index in [1.165, 1.54) is 24.3 Å². The summed E-state index contributed by atoms with van der Waals surface area (Å²) in [6.45, 7) is 3.21. The van der Waals surface area contributed by atoms with Crippen molar-refractivity contribution in [3.8, 4) is 0 Å². The molecular formula is C18H19FN4O2S. The number of aromatic nitrogens is 2. The maximum absolute atomic E-state index is 13.9. The Morgan fingerprint density at radius 2 is 1.69 bits per heavy atom. The largest absolute Gasteiger partial charge is 0.352 e. The van der Waals surface area contributed by atoms with E-state index in [9.17, 15) is 12.8 Å². The molecule has 0 spiro atoms. The van der Waals surface area contributed by atoms with Gasteiger partial charge in [0.2, 0.25) is 0 Å². The molecule has 2 aromatic carbocycles. The van der Waals surface area contributed by atoms with Crippen LogP contribution in [0.3, 0.4) is 0 Å². The first kappa shape index (κ1) is 17.0. The van der Waals surface area contributed by atoms with Crippen molar-refractivity contribution in [2.45, 2.75) is 4.90 Å². The van der Waals surface area contributed by atoms with Gasteiger partial charge in [0, 0.05) is 37.6 Å². The van der Waals surface area contributed by atoms with Crippen LogP contribution in [-0.2, 0) is 10.0 Å². The van der Waals surface area contributed by atoms with Crippen LogP contribution in [0.2, 0.25) is 0 Å². The average Bonchev–Trinajstić information content (AvgIpc) is 3.02. The summed E-state index contributed by atoms with van der Waals surface area (Å²) in [6, 6.07) is 12.2. The minimum absolute atomic E-state index is 0.124. The summed E-state index contributed by atoms with van der Waals surface area (Å²) in [7, 11) is -1.86. The SMILES string of the molecule is CN1CCN(c2nn(S(=O)(=O)c3ccccc3)c3cc(F)ccc23)CC1. The van der Waals surface area contributed by atoms with E-state index in [2.05, 4.69) is 14.9 Å². The fourth-order valence-electron chi connectivity index (χ4n) is 3.17. The van der Waals surface area contributed by atoms with Gasteiger partial charge in [-0.1, -0.05) is 18.2 Å². The molecule has 1 aliphatic rings. The van der Waals surface area contributed by atoms with Crippen molar-refractivity contribution >= 4 is 26.7 Å². The van der Waals surface area contributed by atoms with Crippen molar-refractivity contribution in [2.75, 3.05) is 38.1 Å². The summed E-state index contributed by atoms with van der Waals surface area (Å²) >= 11 is 0. The van der Waals surface area contributed by atoms with Gasteiger partial charge in [0.15, 0.2) is 5.82 Å². The van der Waals surface area contributed by atoms with Gasteiger partial charge >= 0.3 is 0 Å². The average molecular weight is 374 g/mol. The van der Waals surface area contributed by atoms with E-state index in [1.807, 2.05) is 7.05 Å². The first-order valence-electron chi connectivity index (χ1n) is 8.39. The lowest BCUT2D eigenvalue weighted by Crippen LogP contribution is -2.44. The molecule has 0 radical (unpaired) electrons. The van der Waals surface area contributed by atoms with Gasteiger partial charge in [-0.25, -0.2) is 4.39 Å². The highest BCUT2D eigenvalue weighted by molar-refractivity contribution is 7.90. The maximum Gasteiger partial charge on any atom is 0.283 e. The Morgan fingerprint density at radius 1 is 1.00 bits per heavy atom. The van der Waals surface area contributed by atoms with Crippen LogP contribution >= 0.6 is 0 Å². The Balaban J connectivity index is 1.89. The van der Waals surface area contributed by atoms with Crippen molar-refractivity contribution in [3.05, 3.63) is 54.3 Å². The van der Waals surface area contributed by atoms with E-state index >= 15 is 0 Å². The first-order valence-corrected chi connectivity index (χ1v) is 9.83. The molecule has 0 unspecified atom stereocenters. The van der Waals surface area contributed by atoms with Gasteiger partial charge in [0.1, 0.15) is 5.82 Å². The molecule has 136 valence electrons. The maximum atomic E-state index is 13.9. The van der Waals surface area contributed by atoms with Crippen LogP contribution in [0.5, 0.6) is 0 Å². The van der Waals surface area contributed by atoms with Crippen LogP contribution in [0.25, 0.3) is 10.9 Å². The number of piperazine rings is 1. The first-order chi connectivity index (χ1) is 12.5. The van der Waals surface area contributed by atoms with Crippen LogP contribution in [-0.4, -0.2) is 55.7 Å². The highest BCUT2D eigenvalue weighted by Crippen LogP contribution is 2.30. The smallest absolute Gasteiger partial charge is 0.283 e. The Hall–Kier alpha value is -2.45. The monoisotopic (exact) mass is 374 g/mol. The second-order valence-corrected chi connectivity index (χ2v) is 8.20. The third kappa shape index (κ3) is 2.85. The lowest BCUT2D eigenvalue weighted by molar-refractivity contribution is 0.312. The van der Waals surface area contributed by atoms with Gasteiger partial charge < -0.3 is 9.80 Å². The van der Waals surface area contributed by atoms with Crippen LogP contribution in [0.15, 0.2) is 53.4 Å². The number of likely N-dealkylation sites (N-methyl/N-ethyl adjacent to an activating group) is 1. The molecule has 0 N–H and O–H groups in total. The molecule has 4 rings (SSSR count). The molecule has 0 saturated carbocycles. The standard InChI is InChI=1S/C18H19FN4O2S/c1-21-9-11-22(12-10-21)18-16-8-7-14(19)13-17(16)23(20-18)26(24,25)15-5-3-2-4-6-15/h2-8,13H,9-12H2,1H3. The minimum Gasteiger partial charge on any atom is -0.352 e. The zero-order valence-electron chi connectivity index (χ0n) is 14.3. The molecule has 2 heterocycles. The molecule has 0 atom stereocenters. The third-order valence-electron chi connectivity index (χ3n) is 4.66. The Labute approximate surface area is 151 Å². The highest BCUT2D eigenvalue weighted by Gasteiger charge is 2.26. The third-order valence-corrected chi connectivity index (χ3v) is 6.27.